The molecule has 0 aliphatic heterocycles. The lowest BCUT2D eigenvalue weighted by Gasteiger charge is -2.62. The summed E-state index contributed by atoms with van der Waals surface area (Å²) in [4.78, 5) is 23.1. The average molecular weight is 511 g/mol. The number of aliphatic hydroxyl groups is 1. The summed E-state index contributed by atoms with van der Waals surface area (Å²) in [7, 11) is 0. The molecule has 1 aromatic carbocycles. The highest BCUT2D eigenvalue weighted by molar-refractivity contribution is 5.79. The predicted molar refractivity (Wildman–Crippen MR) is 143 cm³/mol. The number of aliphatic hydroxyl groups excluding tert-OH is 1. The maximum absolute atomic E-state index is 12.5. The third-order valence-electron chi connectivity index (χ3n) is 11.4. The average Bonchev–Trinajstić information content (AvgIpc) is 3.17. The summed E-state index contributed by atoms with van der Waals surface area (Å²) in [6, 6.07) is 8.27. The lowest BCUT2D eigenvalue weighted by atomic mass is 9.42. The molecular weight excluding hydrogens is 464 g/mol. The second-order valence-corrected chi connectivity index (χ2v) is 13.3. The molecule has 4 aliphatic rings. The summed E-state index contributed by atoms with van der Waals surface area (Å²) < 4.78 is 5.69. The molecule has 0 aromatic heterocycles. The molecule has 1 aromatic rings. The first-order valence-electron chi connectivity index (χ1n) is 14.8. The number of carbonyl (C=O) groups excluding carboxylic acids is 1. The van der Waals surface area contributed by atoms with Crippen molar-refractivity contribution >= 4 is 11.8 Å². The lowest BCUT2D eigenvalue weighted by Crippen LogP contribution is -2.57. The quantitative estimate of drug-likeness (QED) is 0.373. The number of ether oxygens (including phenoxy) is 1. The van der Waals surface area contributed by atoms with Crippen LogP contribution < -0.4 is 4.74 Å². The van der Waals surface area contributed by atoms with Gasteiger partial charge in [0.1, 0.15) is 11.5 Å². The fourth-order valence-electron chi connectivity index (χ4n) is 9.22. The number of aryl methyl sites for hydroxylation is 1. The lowest BCUT2D eigenvalue weighted by molar-refractivity contribution is -0.156. The molecule has 5 nitrogen and oxygen atoms in total. The zero-order chi connectivity index (χ0) is 26.2. The monoisotopic (exact) mass is 510 g/mol. The first kappa shape index (κ1) is 26.7. The minimum atomic E-state index is -0.787. The van der Waals surface area contributed by atoms with Crippen molar-refractivity contribution in [3.05, 3.63) is 29.8 Å². The highest BCUT2D eigenvalue weighted by Crippen LogP contribution is 2.67. The van der Waals surface area contributed by atoms with Crippen LogP contribution in [0.1, 0.15) is 96.5 Å². The second-order valence-electron chi connectivity index (χ2n) is 13.3. The minimum Gasteiger partial charge on any atom is -0.494 e. The van der Waals surface area contributed by atoms with Gasteiger partial charge in [0.05, 0.1) is 12.7 Å². The van der Waals surface area contributed by atoms with Crippen LogP contribution in [0.3, 0.4) is 0 Å². The highest BCUT2D eigenvalue weighted by Gasteiger charge is 2.62. The molecule has 37 heavy (non-hydrogen) atoms. The Morgan fingerprint density at radius 1 is 1.03 bits per heavy atom. The highest BCUT2D eigenvalue weighted by atomic mass is 16.5. The number of ketones is 1. The van der Waals surface area contributed by atoms with Crippen molar-refractivity contribution in [2.75, 3.05) is 6.61 Å². The molecule has 4 aliphatic carbocycles. The standard InChI is InChI=1S/C32H46O5/c1-31-16-14-24(33)20-23(31)19-22(30-26-12-13-28(34)32(26,2)17-15-27(30)31)6-3-5-21-8-10-25(11-9-21)37-18-4-7-29(35)36/h8-11,22-23,26-28,30,34H,3-7,12-20H2,1-2H3,(H,35,36)/t22?,23?,26-,27+,28?,30-,31-,32-/m0/s1. The Labute approximate surface area is 222 Å². The van der Waals surface area contributed by atoms with Gasteiger partial charge < -0.3 is 14.9 Å². The Kier molecular flexibility index (Phi) is 7.73. The molecule has 0 amide bonds. The van der Waals surface area contributed by atoms with Gasteiger partial charge in [0, 0.05) is 19.3 Å². The first-order chi connectivity index (χ1) is 17.7. The number of carbonyl (C=O) groups is 2. The van der Waals surface area contributed by atoms with Crippen LogP contribution in [-0.4, -0.2) is 34.7 Å². The number of hydrogen-bond donors (Lipinski definition) is 2. The van der Waals surface area contributed by atoms with Crippen LogP contribution in [0.4, 0.5) is 0 Å². The normalized spacial score (nSPS) is 38.9. The first-order valence-corrected chi connectivity index (χ1v) is 14.8. The number of carboxylic acids is 1. The summed E-state index contributed by atoms with van der Waals surface area (Å²) >= 11 is 0. The van der Waals surface area contributed by atoms with Crippen molar-refractivity contribution in [3.8, 4) is 5.75 Å². The van der Waals surface area contributed by atoms with E-state index in [-0.39, 0.29) is 17.9 Å². The molecule has 4 saturated carbocycles. The molecule has 5 rings (SSSR count). The van der Waals surface area contributed by atoms with E-state index >= 15 is 0 Å². The molecule has 0 heterocycles. The Hall–Kier alpha value is -1.88. The van der Waals surface area contributed by atoms with Crippen molar-refractivity contribution in [2.45, 2.75) is 103 Å². The van der Waals surface area contributed by atoms with Gasteiger partial charge >= 0.3 is 5.97 Å². The molecule has 0 bridgehead atoms. The van der Waals surface area contributed by atoms with Crippen LogP contribution in [0.25, 0.3) is 0 Å². The van der Waals surface area contributed by atoms with Crippen molar-refractivity contribution in [1.82, 2.24) is 0 Å². The molecule has 0 radical (unpaired) electrons. The zero-order valence-electron chi connectivity index (χ0n) is 22.8. The molecule has 204 valence electrons. The van der Waals surface area contributed by atoms with Gasteiger partial charge in [-0.2, -0.15) is 0 Å². The number of benzene rings is 1. The van der Waals surface area contributed by atoms with Gasteiger partial charge in [-0.3, -0.25) is 9.59 Å². The van der Waals surface area contributed by atoms with E-state index in [9.17, 15) is 14.7 Å². The fraction of sp³-hybridized carbons (Fsp3) is 0.750. The van der Waals surface area contributed by atoms with Crippen LogP contribution in [0.5, 0.6) is 5.75 Å². The number of aliphatic carboxylic acids is 1. The Balaban J connectivity index is 1.23. The van der Waals surface area contributed by atoms with Gasteiger partial charge in [-0.25, -0.2) is 0 Å². The van der Waals surface area contributed by atoms with Gasteiger partial charge in [-0.1, -0.05) is 26.0 Å². The molecule has 8 atom stereocenters. The van der Waals surface area contributed by atoms with Gasteiger partial charge in [0.25, 0.3) is 0 Å². The van der Waals surface area contributed by atoms with Crippen LogP contribution in [0.15, 0.2) is 24.3 Å². The van der Waals surface area contributed by atoms with Crippen LogP contribution in [-0.2, 0) is 16.0 Å². The predicted octanol–water partition coefficient (Wildman–Crippen LogP) is 6.45. The molecule has 0 saturated heterocycles. The van der Waals surface area contributed by atoms with Gasteiger partial charge in [0.15, 0.2) is 0 Å². The van der Waals surface area contributed by atoms with E-state index in [1.54, 1.807) is 0 Å². The fourth-order valence-corrected chi connectivity index (χ4v) is 9.22. The van der Waals surface area contributed by atoms with Gasteiger partial charge in [-0.05, 0) is 122 Å². The van der Waals surface area contributed by atoms with Crippen molar-refractivity contribution < 1.29 is 24.5 Å². The van der Waals surface area contributed by atoms with Crippen molar-refractivity contribution in [2.24, 2.45) is 40.4 Å². The van der Waals surface area contributed by atoms with E-state index in [0.29, 0.717) is 53.8 Å². The smallest absolute Gasteiger partial charge is 0.303 e. The molecule has 0 spiro atoms. The number of rotatable bonds is 9. The summed E-state index contributed by atoms with van der Waals surface area (Å²) in [5, 5.41) is 19.7. The van der Waals surface area contributed by atoms with Crippen LogP contribution in [0.2, 0.25) is 0 Å². The van der Waals surface area contributed by atoms with E-state index in [1.807, 2.05) is 12.1 Å². The molecular formula is C32H46O5. The Bertz CT molecular complexity index is 972. The number of carboxylic acid groups (broad SMARTS) is 1. The van der Waals surface area contributed by atoms with Gasteiger partial charge in [-0.15, -0.1) is 0 Å². The summed E-state index contributed by atoms with van der Waals surface area (Å²) in [6.07, 6.45) is 12.2. The largest absolute Gasteiger partial charge is 0.494 e. The van der Waals surface area contributed by atoms with E-state index in [0.717, 1.165) is 50.7 Å². The summed E-state index contributed by atoms with van der Waals surface area (Å²) in [5.41, 5.74) is 1.69. The molecule has 2 N–H and O–H groups in total. The Morgan fingerprint density at radius 2 is 1.78 bits per heavy atom. The molecule has 4 fully saturated rings. The minimum absolute atomic E-state index is 0.0768. The van der Waals surface area contributed by atoms with Crippen molar-refractivity contribution in [3.63, 3.8) is 0 Å². The zero-order valence-corrected chi connectivity index (χ0v) is 22.8. The number of Topliss-reactive ketones (excluding diaryl/α,β-unsaturated/α-hetero) is 1. The van der Waals surface area contributed by atoms with E-state index in [4.69, 9.17) is 9.84 Å². The third kappa shape index (κ3) is 5.22. The van der Waals surface area contributed by atoms with E-state index < -0.39 is 5.97 Å². The molecule has 3 unspecified atom stereocenters. The van der Waals surface area contributed by atoms with E-state index in [1.165, 1.54) is 31.2 Å². The topological polar surface area (TPSA) is 83.8 Å². The number of hydrogen-bond acceptors (Lipinski definition) is 4. The van der Waals surface area contributed by atoms with Crippen LogP contribution in [0, 0.1) is 40.4 Å². The van der Waals surface area contributed by atoms with Gasteiger partial charge in [0.2, 0.25) is 0 Å². The third-order valence-corrected chi connectivity index (χ3v) is 11.4. The van der Waals surface area contributed by atoms with Crippen molar-refractivity contribution in [1.29, 1.82) is 0 Å². The van der Waals surface area contributed by atoms with Crippen LogP contribution >= 0.6 is 0 Å². The maximum atomic E-state index is 12.5. The summed E-state index contributed by atoms with van der Waals surface area (Å²) in [5.74, 6) is 3.68. The maximum Gasteiger partial charge on any atom is 0.303 e. The Morgan fingerprint density at radius 3 is 2.54 bits per heavy atom. The van der Waals surface area contributed by atoms with E-state index in [2.05, 4.69) is 26.0 Å². The molecule has 5 heteroatoms. The SMILES string of the molecule is C[C@]12CCC(=O)CC1CC(CCCc1ccc(OCCCC(=O)O)cc1)[C@@H]1[C@H]2CC[C@]2(C)C(O)CC[C@@H]12. The second kappa shape index (κ2) is 10.7. The number of fused-ring (bicyclic) bond motifs is 5. The summed E-state index contributed by atoms with van der Waals surface area (Å²) in [6.45, 7) is 5.30.